The van der Waals surface area contributed by atoms with Crippen molar-refractivity contribution in [2.24, 2.45) is 0 Å². The van der Waals surface area contributed by atoms with Crippen molar-refractivity contribution in [3.05, 3.63) is 59.4 Å². The Labute approximate surface area is 108 Å². The highest BCUT2D eigenvalue weighted by Crippen LogP contribution is 2.21. The molecule has 5 heteroatoms. The van der Waals surface area contributed by atoms with Crippen molar-refractivity contribution in [3.8, 4) is 5.75 Å². The summed E-state index contributed by atoms with van der Waals surface area (Å²) < 4.78 is 18.2. The molecule has 0 radical (unpaired) electrons. The third-order valence-corrected chi connectivity index (χ3v) is 2.35. The van der Waals surface area contributed by atoms with Crippen molar-refractivity contribution >= 4 is 23.4 Å². The van der Waals surface area contributed by atoms with Crippen molar-refractivity contribution < 1.29 is 13.9 Å². The molecule has 92 valence electrons. The van der Waals surface area contributed by atoms with Crippen LogP contribution in [0.15, 0.2) is 48.5 Å². The minimum atomic E-state index is -0.762. The molecule has 0 atom stereocenters. The van der Waals surface area contributed by atoms with Gasteiger partial charge in [0.15, 0.2) is 11.6 Å². The van der Waals surface area contributed by atoms with Crippen molar-refractivity contribution in [1.29, 1.82) is 0 Å². The quantitative estimate of drug-likeness (QED) is 0.888. The molecule has 0 aromatic heterocycles. The molecule has 2 aromatic carbocycles. The molecule has 0 heterocycles. The van der Waals surface area contributed by atoms with Gasteiger partial charge in [0.25, 0.3) is 0 Å². The van der Waals surface area contributed by atoms with Gasteiger partial charge in [0.1, 0.15) is 0 Å². The highest BCUT2D eigenvalue weighted by Gasteiger charge is 2.09. The van der Waals surface area contributed by atoms with Crippen LogP contribution in [0.25, 0.3) is 0 Å². The third kappa shape index (κ3) is 3.21. The number of hydrogen-bond acceptors (Lipinski definition) is 2. The van der Waals surface area contributed by atoms with E-state index >= 15 is 0 Å². The number of nitrogens with one attached hydrogen (secondary N) is 1. The van der Waals surface area contributed by atoms with E-state index in [1.807, 2.05) is 6.07 Å². The predicted molar refractivity (Wildman–Crippen MR) is 67.5 cm³/mol. The van der Waals surface area contributed by atoms with E-state index in [1.165, 1.54) is 12.1 Å². The summed E-state index contributed by atoms with van der Waals surface area (Å²) in [5.41, 5.74) is 0.567. The Morgan fingerprint density at radius 3 is 2.56 bits per heavy atom. The molecule has 1 N–H and O–H groups in total. The summed E-state index contributed by atoms with van der Waals surface area (Å²) in [6.07, 6.45) is -0.762. The van der Waals surface area contributed by atoms with E-state index in [9.17, 15) is 9.18 Å². The molecule has 0 saturated heterocycles. The van der Waals surface area contributed by atoms with E-state index in [1.54, 1.807) is 24.3 Å². The second kappa shape index (κ2) is 5.51. The molecule has 3 nitrogen and oxygen atoms in total. The molecule has 0 spiro atoms. The zero-order chi connectivity index (χ0) is 13.0. The van der Waals surface area contributed by atoms with Crippen LogP contribution in [-0.4, -0.2) is 6.09 Å². The van der Waals surface area contributed by atoms with Crippen LogP contribution in [0.5, 0.6) is 5.75 Å². The summed E-state index contributed by atoms with van der Waals surface area (Å²) in [7, 11) is 0. The highest BCUT2D eigenvalue weighted by atomic mass is 35.5. The van der Waals surface area contributed by atoms with Crippen molar-refractivity contribution in [2.45, 2.75) is 0 Å². The second-order valence-corrected chi connectivity index (χ2v) is 3.89. The molecule has 0 aliphatic rings. The van der Waals surface area contributed by atoms with Gasteiger partial charge < -0.3 is 4.74 Å². The highest BCUT2D eigenvalue weighted by molar-refractivity contribution is 6.30. The maximum atomic E-state index is 13.4. The third-order valence-electron chi connectivity index (χ3n) is 2.12. The Hall–Kier alpha value is -2.07. The summed E-state index contributed by atoms with van der Waals surface area (Å²) in [5, 5.41) is 2.71. The maximum absolute atomic E-state index is 13.4. The van der Waals surface area contributed by atoms with Crippen LogP contribution in [0.2, 0.25) is 5.02 Å². The molecular formula is C13H9ClFNO2. The Bertz CT molecular complexity index is 560. The lowest BCUT2D eigenvalue weighted by Crippen LogP contribution is -2.17. The minimum absolute atomic E-state index is 0.173. The number of ether oxygens (including phenoxy) is 1. The van der Waals surface area contributed by atoms with Gasteiger partial charge in [-0.25, -0.2) is 9.18 Å². The second-order valence-electron chi connectivity index (χ2n) is 3.46. The van der Waals surface area contributed by atoms with E-state index in [0.29, 0.717) is 5.69 Å². The van der Waals surface area contributed by atoms with Crippen LogP contribution >= 0.6 is 11.6 Å². The molecule has 2 rings (SSSR count). The number of carbonyl (C=O) groups is 1. The van der Waals surface area contributed by atoms with Gasteiger partial charge in [-0.1, -0.05) is 29.8 Å². The van der Waals surface area contributed by atoms with Crippen LogP contribution in [0.3, 0.4) is 0 Å². The Morgan fingerprint density at radius 2 is 1.89 bits per heavy atom. The average Bonchev–Trinajstić information content (AvgIpc) is 2.34. The molecule has 1 amide bonds. The van der Waals surface area contributed by atoms with E-state index in [-0.39, 0.29) is 10.8 Å². The van der Waals surface area contributed by atoms with E-state index < -0.39 is 11.9 Å². The predicted octanol–water partition coefficient (Wildman–Crippen LogP) is 4.09. The molecule has 0 aliphatic carbocycles. The maximum Gasteiger partial charge on any atom is 0.417 e. The Kier molecular flexibility index (Phi) is 3.79. The van der Waals surface area contributed by atoms with Gasteiger partial charge in [0.05, 0.1) is 0 Å². The number of para-hydroxylation sites is 1. The number of anilines is 1. The summed E-state index contributed by atoms with van der Waals surface area (Å²) in [6.45, 7) is 0. The lowest BCUT2D eigenvalue weighted by Gasteiger charge is -2.07. The van der Waals surface area contributed by atoms with Gasteiger partial charge in [-0.05, 0) is 30.3 Å². The van der Waals surface area contributed by atoms with E-state index in [0.717, 1.165) is 6.07 Å². The number of rotatable bonds is 2. The van der Waals surface area contributed by atoms with Gasteiger partial charge in [0.2, 0.25) is 0 Å². The standard InChI is InChI=1S/C13H9ClFNO2/c14-9-6-7-12(11(15)8-9)18-13(17)16-10-4-2-1-3-5-10/h1-8H,(H,16,17). The first-order chi connectivity index (χ1) is 8.65. The van der Waals surface area contributed by atoms with Gasteiger partial charge in [-0.3, -0.25) is 5.32 Å². The zero-order valence-electron chi connectivity index (χ0n) is 9.19. The average molecular weight is 266 g/mol. The van der Waals surface area contributed by atoms with E-state index in [4.69, 9.17) is 16.3 Å². The molecule has 0 fully saturated rings. The van der Waals surface area contributed by atoms with Gasteiger partial charge >= 0.3 is 6.09 Å². The van der Waals surface area contributed by atoms with Crippen LogP contribution in [0.4, 0.5) is 14.9 Å². The fraction of sp³-hybridized carbons (Fsp3) is 0. The normalized spacial score (nSPS) is 9.89. The van der Waals surface area contributed by atoms with E-state index in [2.05, 4.69) is 5.32 Å². The monoisotopic (exact) mass is 265 g/mol. The van der Waals surface area contributed by atoms with Crippen LogP contribution in [0, 0.1) is 5.82 Å². The molecular weight excluding hydrogens is 257 g/mol. The molecule has 0 aliphatic heterocycles. The van der Waals surface area contributed by atoms with Crippen molar-refractivity contribution in [2.75, 3.05) is 5.32 Å². The van der Waals surface area contributed by atoms with Crippen molar-refractivity contribution in [1.82, 2.24) is 0 Å². The zero-order valence-corrected chi connectivity index (χ0v) is 9.95. The SMILES string of the molecule is O=C(Nc1ccccc1)Oc1ccc(Cl)cc1F. The number of carbonyl (C=O) groups excluding carboxylic acids is 1. The first-order valence-electron chi connectivity index (χ1n) is 5.14. The summed E-state index contributed by atoms with van der Waals surface area (Å²) >= 11 is 5.59. The first kappa shape index (κ1) is 12.4. The summed E-state index contributed by atoms with van der Waals surface area (Å²) in [5.74, 6) is -0.862. The Balaban J connectivity index is 2.03. The lowest BCUT2D eigenvalue weighted by atomic mass is 10.3. The number of hydrogen-bond donors (Lipinski definition) is 1. The molecule has 0 unspecified atom stereocenters. The molecule has 2 aromatic rings. The molecule has 18 heavy (non-hydrogen) atoms. The number of halogens is 2. The minimum Gasteiger partial charge on any atom is -0.407 e. The Morgan fingerprint density at radius 1 is 1.17 bits per heavy atom. The smallest absolute Gasteiger partial charge is 0.407 e. The molecule has 0 bridgehead atoms. The summed E-state index contributed by atoms with van der Waals surface area (Å²) in [4.78, 5) is 11.5. The van der Waals surface area contributed by atoms with Crippen LogP contribution in [0.1, 0.15) is 0 Å². The fourth-order valence-corrected chi connectivity index (χ4v) is 1.48. The van der Waals surface area contributed by atoms with Crippen LogP contribution in [-0.2, 0) is 0 Å². The van der Waals surface area contributed by atoms with Gasteiger partial charge in [0, 0.05) is 10.7 Å². The van der Waals surface area contributed by atoms with Gasteiger partial charge in [-0.15, -0.1) is 0 Å². The summed E-state index contributed by atoms with van der Waals surface area (Å²) in [6, 6.07) is 12.5. The van der Waals surface area contributed by atoms with Gasteiger partial charge in [-0.2, -0.15) is 0 Å². The number of amides is 1. The topological polar surface area (TPSA) is 38.3 Å². The largest absolute Gasteiger partial charge is 0.417 e. The number of benzene rings is 2. The van der Waals surface area contributed by atoms with Crippen LogP contribution < -0.4 is 10.1 Å². The fourth-order valence-electron chi connectivity index (χ4n) is 1.32. The lowest BCUT2D eigenvalue weighted by molar-refractivity contribution is 0.213. The van der Waals surface area contributed by atoms with Crippen molar-refractivity contribution in [3.63, 3.8) is 0 Å². The first-order valence-corrected chi connectivity index (χ1v) is 5.52. The molecule has 0 saturated carbocycles.